The van der Waals surface area contributed by atoms with Gasteiger partial charge in [-0.1, -0.05) is 0 Å². The number of ether oxygens (including phenoxy) is 2. The lowest BCUT2D eigenvalue weighted by Gasteiger charge is -2.63. The minimum Gasteiger partial charge on any atom is -0.468 e. The first-order valence-corrected chi connectivity index (χ1v) is 10.1. The van der Waals surface area contributed by atoms with E-state index >= 15 is 0 Å². The fourth-order valence-corrected chi connectivity index (χ4v) is 9.00. The predicted molar refractivity (Wildman–Crippen MR) is 92.4 cm³/mol. The quantitative estimate of drug-likeness (QED) is 0.684. The van der Waals surface area contributed by atoms with Crippen LogP contribution in [0.25, 0.3) is 0 Å². The number of carbonyl (C=O) groups is 2. The number of rotatable bonds is 2. The van der Waals surface area contributed by atoms with E-state index < -0.39 is 27.5 Å². The van der Waals surface area contributed by atoms with Crippen molar-refractivity contribution in [2.24, 2.45) is 34.5 Å². The fraction of sp³-hybridized carbons (Fsp3) is 0.789. The van der Waals surface area contributed by atoms with Crippen molar-refractivity contribution in [1.29, 1.82) is 10.5 Å². The monoisotopic (exact) mass is 374 g/mol. The second-order valence-electron chi connectivity index (χ2n) is 8.25. The maximum Gasteiger partial charge on any atom is 0.330 e. The smallest absolute Gasteiger partial charge is 0.330 e. The third-order valence-corrected chi connectivity index (χ3v) is 9.52. The number of hydrogen-bond acceptors (Lipinski definition) is 7. The van der Waals surface area contributed by atoms with Crippen LogP contribution in [0, 0.1) is 57.2 Å². The Balaban J connectivity index is 1.97. The highest BCUT2D eigenvalue weighted by atomic mass is 32.2. The van der Waals surface area contributed by atoms with Gasteiger partial charge in [-0.15, -0.1) is 11.8 Å². The normalized spacial score (nSPS) is 48.0. The van der Waals surface area contributed by atoms with Crippen molar-refractivity contribution in [2.45, 2.75) is 36.9 Å². The molecule has 1 saturated heterocycles. The number of esters is 2. The standard InChI is InChI=1S/C19H22N2O4S/c1-24-15(22)17(8-20)10-26-19(18(17,9-21)16(23)25-2)13-4-11-3-12(6-13)7-14(19)5-11/h11-14H,3-7,10H2,1-2H3/t11?,12?,13?,14?,17-,18+,19?/m0/s1. The van der Waals surface area contributed by atoms with Crippen LogP contribution in [0.1, 0.15) is 32.1 Å². The molecule has 0 radical (unpaired) electrons. The maximum atomic E-state index is 13.1. The fourth-order valence-electron chi connectivity index (χ4n) is 6.77. The van der Waals surface area contributed by atoms with Gasteiger partial charge >= 0.3 is 11.9 Å². The highest BCUT2D eigenvalue weighted by molar-refractivity contribution is 8.01. The van der Waals surface area contributed by atoms with Crippen LogP contribution in [-0.4, -0.2) is 36.7 Å². The van der Waals surface area contributed by atoms with E-state index in [0.717, 1.165) is 25.7 Å². The number of carbonyl (C=O) groups excluding carboxylic acids is 2. The van der Waals surface area contributed by atoms with Crippen molar-refractivity contribution < 1.29 is 19.1 Å². The molecule has 0 N–H and O–H groups in total. The second-order valence-corrected chi connectivity index (χ2v) is 9.50. The van der Waals surface area contributed by atoms with Gasteiger partial charge in [0.2, 0.25) is 0 Å². The topological polar surface area (TPSA) is 100 Å². The van der Waals surface area contributed by atoms with E-state index in [2.05, 4.69) is 6.07 Å². The summed E-state index contributed by atoms with van der Waals surface area (Å²) in [6.45, 7) is 0. The van der Waals surface area contributed by atoms with Crippen LogP contribution in [0.2, 0.25) is 0 Å². The average molecular weight is 374 g/mol. The number of hydrogen-bond donors (Lipinski definition) is 0. The minimum absolute atomic E-state index is 0.0984. The molecule has 7 heteroatoms. The molecule has 0 amide bonds. The van der Waals surface area contributed by atoms with Gasteiger partial charge in [0.05, 0.1) is 31.1 Å². The van der Waals surface area contributed by atoms with Crippen molar-refractivity contribution in [3.8, 4) is 12.1 Å². The average Bonchev–Trinajstić information content (AvgIpc) is 2.97. The highest BCUT2D eigenvalue weighted by Crippen LogP contribution is 2.75. The molecule has 0 unspecified atom stereocenters. The molecule has 5 rings (SSSR count). The summed E-state index contributed by atoms with van der Waals surface area (Å²) in [6.07, 6.45) is 5.07. The summed E-state index contributed by atoms with van der Waals surface area (Å²) < 4.78 is 9.27. The molecule has 0 aromatic rings. The van der Waals surface area contributed by atoms with Gasteiger partial charge in [-0.3, -0.25) is 9.59 Å². The minimum atomic E-state index is -1.83. The maximum absolute atomic E-state index is 13.1. The third kappa shape index (κ3) is 1.69. The van der Waals surface area contributed by atoms with Gasteiger partial charge in [-0.25, -0.2) is 0 Å². The predicted octanol–water partition coefficient (Wildman–Crippen LogP) is 2.29. The Bertz CT molecular complexity index is 726. The van der Waals surface area contributed by atoms with E-state index in [0.29, 0.717) is 11.8 Å². The molecular weight excluding hydrogens is 352 g/mol. The molecule has 26 heavy (non-hydrogen) atoms. The molecule has 0 aromatic heterocycles. The summed E-state index contributed by atoms with van der Waals surface area (Å²) in [5, 5.41) is 20.4. The first-order chi connectivity index (χ1) is 12.5. The van der Waals surface area contributed by atoms with Crippen molar-refractivity contribution in [2.75, 3.05) is 20.0 Å². The third-order valence-electron chi connectivity index (χ3n) is 7.49. The molecule has 1 spiro atoms. The molecule has 1 heterocycles. The number of methoxy groups -OCH3 is 2. The largest absolute Gasteiger partial charge is 0.468 e. The van der Waals surface area contributed by atoms with Gasteiger partial charge in [0.25, 0.3) is 0 Å². The summed E-state index contributed by atoms with van der Waals surface area (Å²) in [5.74, 6) is 0.113. The van der Waals surface area contributed by atoms with Crippen LogP contribution < -0.4 is 0 Å². The second kappa shape index (κ2) is 5.63. The number of nitriles is 2. The van der Waals surface area contributed by atoms with Gasteiger partial charge in [-0.05, 0) is 55.8 Å². The zero-order valence-electron chi connectivity index (χ0n) is 15.0. The van der Waals surface area contributed by atoms with E-state index in [1.54, 1.807) is 0 Å². The summed E-state index contributed by atoms with van der Waals surface area (Å²) >= 11 is 1.48. The molecule has 2 atom stereocenters. The Labute approximate surface area is 157 Å². The van der Waals surface area contributed by atoms with Crippen LogP contribution in [0.3, 0.4) is 0 Å². The lowest BCUT2D eigenvalue weighted by Crippen LogP contribution is -2.68. The summed E-state index contributed by atoms with van der Waals surface area (Å²) in [7, 11) is 2.43. The van der Waals surface area contributed by atoms with E-state index in [1.807, 2.05) is 6.07 Å². The first-order valence-electron chi connectivity index (χ1n) is 9.09. The summed E-state index contributed by atoms with van der Waals surface area (Å²) in [5.41, 5.74) is -3.66. The highest BCUT2D eigenvalue weighted by Gasteiger charge is 2.83. The Hall–Kier alpha value is -1.73. The van der Waals surface area contributed by atoms with Crippen LogP contribution in [-0.2, 0) is 19.1 Å². The van der Waals surface area contributed by atoms with Crippen molar-refractivity contribution in [3.05, 3.63) is 0 Å². The van der Waals surface area contributed by atoms with E-state index in [4.69, 9.17) is 9.47 Å². The molecule has 5 fully saturated rings. The van der Waals surface area contributed by atoms with Gasteiger partial charge in [-0.2, -0.15) is 10.5 Å². The van der Waals surface area contributed by atoms with Crippen LogP contribution in [0.15, 0.2) is 0 Å². The Morgan fingerprint density at radius 2 is 1.46 bits per heavy atom. The van der Waals surface area contributed by atoms with Gasteiger partial charge in [0, 0.05) is 5.75 Å². The molecule has 0 aromatic carbocycles. The van der Waals surface area contributed by atoms with E-state index in [1.165, 1.54) is 32.4 Å². The van der Waals surface area contributed by atoms with E-state index in [-0.39, 0.29) is 17.6 Å². The first kappa shape index (κ1) is 17.7. The Kier molecular flexibility index (Phi) is 3.83. The molecule has 4 saturated carbocycles. The van der Waals surface area contributed by atoms with E-state index in [9.17, 15) is 20.1 Å². The summed E-state index contributed by atoms with van der Waals surface area (Å²) in [6, 6.07) is 4.24. The lowest BCUT2D eigenvalue weighted by atomic mass is 9.42. The summed E-state index contributed by atoms with van der Waals surface area (Å²) in [4.78, 5) is 25.9. The molecule has 4 bridgehead atoms. The lowest BCUT2D eigenvalue weighted by molar-refractivity contribution is -0.176. The molecule has 5 aliphatic rings. The molecule has 6 nitrogen and oxygen atoms in total. The van der Waals surface area contributed by atoms with Gasteiger partial charge in [0.15, 0.2) is 10.8 Å². The zero-order valence-corrected chi connectivity index (χ0v) is 15.8. The molecule has 1 aliphatic heterocycles. The Morgan fingerprint density at radius 1 is 0.923 bits per heavy atom. The molecule has 4 aliphatic carbocycles. The van der Waals surface area contributed by atoms with Crippen molar-refractivity contribution in [3.63, 3.8) is 0 Å². The number of nitrogens with zero attached hydrogens (tertiary/aromatic N) is 2. The Morgan fingerprint density at radius 3 is 1.88 bits per heavy atom. The SMILES string of the molecule is COC(=O)[C@]1(C#N)CSC2(C3CC4CC(C3)CC2C4)[C@]1(C#N)C(=O)OC. The number of thioether (sulfide) groups is 1. The van der Waals surface area contributed by atoms with Crippen LogP contribution in [0.4, 0.5) is 0 Å². The van der Waals surface area contributed by atoms with Crippen LogP contribution >= 0.6 is 11.8 Å². The zero-order chi connectivity index (χ0) is 18.7. The van der Waals surface area contributed by atoms with Gasteiger partial charge < -0.3 is 9.47 Å². The van der Waals surface area contributed by atoms with Gasteiger partial charge in [0.1, 0.15) is 0 Å². The van der Waals surface area contributed by atoms with Crippen LogP contribution in [0.5, 0.6) is 0 Å². The van der Waals surface area contributed by atoms with Crippen molar-refractivity contribution in [1.82, 2.24) is 0 Å². The molecule has 138 valence electrons. The molecular formula is C19H22N2O4S. The van der Waals surface area contributed by atoms with Crippen molar-refractivity contribution >= 4 is 23.7 Å².